The summed E-state index contributed by atoms with van der Waals surface area (Å²) >= 11 is 0. The van der Waals surface area contributed by atoms with Gasteiger partial charge in [0.25, 0.3) is 0 Å². The molecule has 0 unspecified atom stereocenters. The molecular weight excluding hydrogens is 524 g/mol. The van der Waals surface area contributed by atoms with Gasteiger partial charge in [-0.1, -0.05) is 0 Å². The van der Waals surface area contributed by atoms with Crippen molar-refractivity contribution in [2.75, 3.05) is 19.8 Å². The summed E-state index contributed by atoms with van der Waals surface area (Å²) in [4.78, 5) is 0. The minimum Gasteiger partial charge on any atom is -0.394 e. The fourth-order valence-electron chi connectivity index (χ4n) is 2.63. The Morgan fingerprint density at radius 1 is 0.828 bits per heavy atom. The van der Waals surface area contributed by atoms with Gasteiger partial charge in [0.1, 0.15) is 49.3 Å². The van der Waals surface area contributed by atoms with Gasteiger partial charge in [0.15, 0.2) is 6.29 Å². The van der Waals surface area contributed by atoms with Crippen molar-refractivity contribution in [3.05, 3.63) is 0 Å². The third kappa shape index (κ3) is 7.37. The summed E-state index contributed by atoms with van der Waals surface area (Å²) in [6.07, 6.45) is -12.7. The summed E-state index contributed by atoms with van der Waals surface area (Å²) < 4.78 is 47.0. The Balaban J connectivity index is 0.00000117. The van der Waals surface area contributed by atoms with E-state index >= 15 is 0 Å². The zero-order valence-electron chi connectivity index (χ0n) is 14.5. The summed E-state index contributed by atoms with van der Waals surface area (Å²) in [5.41, 5.74) is 0. The maximum atomic E-state index is 10.00. The Morgan fingerprint density at radius 3 is 1.69 bits per heavy atom. The van der Waals surface area contributed by atoms with Crippen molar-refractivity contribution < 1.29 is 95.0 Å². The van der Waals surface area contributed by atoms with Gasteiger partial charge in [-0.15, -0.1) is 0 Å². The van der Waals surface area contributed by atoms with Gasteiger partial charge >= 0.3 is 10.4 Å². The van der Waals surface area contributed by atoms with Gasteiger partial charge in [0.2, 0.25) is 5.79 Å². The Morgan fingerprint density at radius 2 is 1.31 bits per heavy atom. The van der Waals surface area contributed by atoms with Crippen molar-refractivity contribution in [1.29, 1.82) is 0 Å². The van der Waals surface area contributed by atoms with Crippen LogP contribution in [0.1, 0.15) is 0 Å². The average molecular weight is 548 g/mol. The molecule has 0 aliphatic carbocycles. The van der Waals surface area contributed by atoms with Gasteiger partial charge in [-0.05, 0) is 0 Å². The average Bonchev–Trinajstić information content (AvgIpc) is 2.86. The summed E-state index contributed by atoms with van der Waals surface area (Å²) in [7, 11) is -4.67. The zero-order chi connectivity index (χ0) is 21.9. The second-order valence-electron chi connectivity index (χ2n) is 6.01. The van der Waals surface area contributed by atoms with Crippen LogP contribution in [0.2, 0.25) is 0 Å². The Bertz CT molecular complexity index is 582. The van der Waals surface area contributed by atoms with Gasteiger partial charge < -0.3 is 55.1 Å². The van der Waals surface area contributed by atoms with Gasteiger partial charge in [0, 0.05) is 22.4 Å². The number of aliphatic hydroxyl groups is 8. The Kier molecular flexibility index (Phi) is 11.8. The van der Waals surface area contributed by atoms with Crippen molar-refractivity contribution in [2.45, 2.75) is 54.8 Å². The first-order valence-corrected chi connectivity index (χ1v) is 9.14. The molecule has 0 spiro atoms. The van der Waals surface area contributed by atoms with E-state index in [1.165, 1.54) is 0 Å². The van der Waals surface area contributed by atoms with Gasteiger partial charge in [-0.25, -0.2) is 0 Å². The molecule has 15 nitrogen and oxygen atoms in total. The Hall–Kier alpha value is 0.170. The van der Waals surface area contributed by atoms with E-state index in [0.717, 1.165) is 0 Å². The minimum absolute atomic E-state index is 0. The fraction of sp³-hybridized carbons (Fsp3) is 1.00. The third-order valence-electron chi connectivity index (χ3n) is 4.07. The molecule has 2 rings (SSSR count). The summed E-state index contributed by atoms with van der Waals surface area (Å²) in [6, 6.07) is 0. The molecule has 2 fully saturated rings. The van der Waals surface area contributed by atoms with Crippen LogP contribution in [0.4, 0.5) is 0 Å². The summed E-state index contributed by atoms with van der Waals surface area (Å²) in [5, 5.41) is 76.7. The zero-order valence-corrected chi connectivity index (χ0v) is 16.8. The van der Waals surface area contributed by atoms with Crippen molar-refractivity contribution in [3.63, 3.8) is 0 Å². The van der Waals surface area contributed by atoms with Crippen LogP contribution < -0.4 is 0 Å². The van der Waals surface area contributed by atoms with Crippen molar-refractivity contribution in [1.82, 2.24) is 0 Å². The molecule has 9 atom stereocenters. The number of hydrogen-bond donors (Lipinski definition) is 10. The van der Waals surface area contributed by atoms with Crippen LogP contribution >= 0.6 is 0 Å². The minimum atomic E-state index is -4.67. The molecule has 0 aromatic rings. The first-order valence-electron chi connectivity index (χ1n) is 7.75. The van der Waals surface area contributed by atoms with Crippen LogP contribution in [-0.4, -0.2) is 133 Å². The van der Waals surface area contributed by atoms with Gasteiger partial charge in [0.05, 0.1) is 13.2 Å². The predicted octanol–water partition coefficient (Wildman–Crippen LogP) is -6.05. The monoisotopic (exact) mass is 547 g/mol. The molecule has 29 heavy (non-hydrogen) atoms. The van der Waals surface area contributed by atoms with E-state index < -0.39 is 85.0 Å². The second-order valence-corrected chi connectivity index (χ2v) is 6.90. The molecule has 2 heterocycles. The maximum Gasteiger partial charge on any atom is 0.394 e. The molecule has 0 aromatic heterocycles. The van der Waals surface area contributed by atoms with Crippen LogP contribution in [-0.2, 0) is 47.0 Å². The smallest absolute Gasteiger partial charge is 0.394 e. The van der Waals surface area contributed by atoms with Crippen LogP contribution in [0.25, 0.3) is 0 Å². The molecule has 179 valence electrons. The van der Waals surface area contributed by atoms with E-state index in [1.54, 1.807) is 0 Å². The molecule has 2 aliphatic rings. The van der Waals surface area contributed by atoms with E-state index in [4.69, 9.17) is 41.9 Å². The predicted molar refractivity (Wildman–Crippen MR) is 82.8 cm³/mol. The molecule has 0 aromatic carbocycles. The number of ether oxygens (including phenoxy) is 3. The topological polar surface area (TPSA) is 264 Å². The molecule has 0 saturated carbocycles. The van der Waals surface area contributed by atoms with Gasteiger partial charge in [-0.2, -0.15) is 8.42 Å². The normalized spacial score (nSPS) is 42.6. The summed E-state index contributed by atoms with van der Waals surface area (Å²) in [5.74, 6) is -2.22. The van der Waals surface area contributed by atoms with E-state index in [2.05, 4.69) is 0 Å². The van der Waals surface area contributed by atoms with Crippen LogP contribution in [0.15, 0.2) is 0 Å². The Labute approximate surface area is 180 Å². The standard InChI is InChI=1S/C12H22O11.Ag.H2O4S/c13-1-4-6(16)8(18)9(19)11(21-4)23-12(3-15)10(20)7(17)5(2-14)22-12;;1-5(2,3)4/h4-11,13-20H,1-3H2;;(H2,1,2,3,4)/t4-,5-,6-,7-,8+,9-,10+,11-,12+;;/m1../s1. The summed E-state index contributed by atoms with van der Waals surface area (Å²) in [6.45, 7) is -2.32. The number of aliphatic hydroxyl groups excluding tert-OH is 8. The van der Waals surface area contributed by atoms with Crippen molar-refractivity contribution >= 4 is 10.4 Å². The van der Waals surface area contributed by atoms with Gasteiger partial charge in [-0.3, -0.25) is 9.11 Å². The van der Waals surface area contributed by atoms with E-state index in [1.807, 2.05) is 0 Å². The van der Waals surface area contributed by atoms with E-state index in [9.17, 15) is 30.6 Å². The largest absolute Gasteiger partial charge is 0.394 e. The molecule has 0 amide bonds. The molecule has 10 N–H and O–H groups in total. The van der Waals surface area contributed by atoms with Crippen LogP contribution in [0, 0.1) is 0 Å². The van der Waals surface area contributed by atoms with Crippen LogP contribution in [0.5, 0.6) is 0 Å². The van der Waals surface area contributed by atoms with E-state index in [-0.39, 0.29) is 22.4 Å². The fourth-order valence-corrected chi connectivity index (χ4v) is 2.63. The molecule has 2 aliphatic heterocycles. The molecular formula is C12H24AgO15S. The maximum absolute atomic E-state index is 10.00. The SMILES string of the molecule is O=S(=O)(O)O.OC[C@H]1O[C@@](CO)(O[C@H]2O[C@H](CO)[C@@H](O)[C@H](O)[C@H]2O)[C@@H](O)[C@@H]1O.[Ag]. The van der Waals surface area contributed by atoms with E-state index in [0.29, 0.717) is 0 Å². The third-order valence-corrected chi connectivity index (χ3v) is 4.07. The van der Waals surface area contributed by atoms with Crippen molar-refractivity contribution in [2.24, 2.45) is 0 Å². The van der Waals surface area contributed by atoms with Crippen molar-refractivity contribution in [3.8, 4) is 0 Å². The first kappa shape index (κ1) is 29.2. The molecule has 1 radical (unpaired) electrons. The molecule has 17 heteroatoms. The first-order chi connectivity index (χ1) is 12.8. The van der Waals surface area contributed by atoms with Crippen LogP contribution in [0.3, 0.4) is 0 Å². The number of hydrogen-bond acceptors (Lipinski definition) is 13. The number of rotatable bonds is 5. The quantitative estimate of drug-likeness (QED) is 0.113. The molecule has 0 bridgehead atoms. The second kappa shape index (κ2) is 11.7. The molecule has 2 saturated heterocycles.